The number of hydrogen-bond donors (Lipinski definition) is 1. The highest BCUT2D eigenvalue weighted by molar-refractivity contribution is 7.99. The maximum atomic E-state index is 13.2. The molecule has 2 atom stereocenters. The Bertz CT molecular complexity index is 1030. The summed E-state index contributed by atoms with van der Waals surface area (Å²) in [4.78, 5) is 28.2. The number of esters is 1. The second-order valence-corrected chi connectivity index (χ2v) is 7.95. The molecule has 0 saturated carbocycles. The molecule has 0 unspecified atom stereocenters. The molecule has 0 saturated heterocycles. The number of benzene rings is 3. The summed E-state index contributed by atoms with van der Waals surface area (Å²) < 4.78 is 5.19. The number of anilines is 1. The van der Waals surface area contributed by atoms with Crippen molar-refractivity contribution in [3.05, 3.63) is 96.1 Å². The molecule has 3 aromatic rings. The van der Waals surface area contributed by atoms with E-state index in [0.29, 0.717) is 11.3 Å². The van der Waals surface area contributed by atoms with Crippen molar-refractivity contribution in [2.75, 3.05) is 17.3 Å². The van der Waals surface area contributed by atoms with Gasteiger partial charge in [0.15, 0.2) is 12.7 Å². The number of ether oxygens (including phenoxy) is 1. The van der Waals surface area contributed by atoms with E-state index < -0.39 is 18.7 Å². The largest absolute Gasteiger partial charge is 0.453 e. The highest BCUT2D eigenvalue weighted by atomic mass is 32.2. The standard InChI is InChI=1S/C24H21NO4S/c26-22(15-29-24(28)23(27)18-11-5-2-6-12-18)25-19-13-7-8-14-21(19)30-16-20(25)17-9-3-1-4-10-17/h1-14,20,23,27H,15-16H2/t20-,23-/m1/s1. The van der Waals surface area contributed by atoms with Gasteiger partial charge in [-0.25, -0.2) is 4.79 Å². The van der Waals surface area contributed by atoms with E-state index in [1.165, 1.54) is 0 Å². The lowest BCUT2D eigenvalue weighted by atomic mass is 10.1. The average Bonchev–Trinajstić information content (AvgIpc) is 2.82. The molecule has 152 valence electrons. The number of rotatable bonds is 5. The minimum absolute atomic E-state index is 0.170. The fourth-order valence-electron chi connectivity index (χ4n) is 3.47. The third-order valence-corrected chi connectivity index (χ3v) is 6.10. The van der Waals surface area contributed by atoms with Gasteiger partial charge in [0.25, 0.3) is 5.91 Å². The van der Waals surface area contributed by atoms with Gasteiger partial charge in [-0.05, 0) is 23.3 Å². The molecule has 6 heteroatoms. The van der Waals surface area contributed by atoms with Gasteiger partial charge in [-0.3, -0.25) is 9.69 Å². The van der Waals surface area contributed by atoms with Gasteiger partial charge >= 0.3 is 5.97 Å². The molecular weight excluding hydrogens is 398 g/mol. The molecule has 1 amide bonds. The molecule has 3 aromatic carbocycles. The zero-order valence-corrected chi connectivity index (χ0v) is 17.0. The molecule has 0 spiro atoms. The molecule has 0 radical (unpaired) electrons. The summed E-state index contributed by atoms with van der Waals surface area (Å²) in [5.74, 6) is -0.469. The smallest absolute Gasteiger partial charge is 0.340 e. The monoisotopic (exact) mass is 419 g/mol. The Hall–Kier alpha value is -3.09. The van der Waals surface area contributed by atoms with E-state index in [0.717, 1.165) is 16.1 Å². The zero-order chi connectivity index (χ0) is 20.9. The first-order chi connectivity index (χ1) is 14.6. The quantitative estimate of drug-likeness (QED) is 0.630. The van der Waals surface area contributed by atoms with Crippen LogP contribution in [-0.4, -0.2) is 29.3 Å². The molecule has 0 aliphatic carbocycles. The Kier molecular flexibility index (Phi) is 6.16. The van der Waals surface area contributed by atoms with Crippen molar-refractivity contribution in [3.63, 3.8) is 0 Å². The first-order valence-electron chi connectivity index (χ1n) is 9.63. The molecule has 5 nitrogen and oxygen atoms in total. The van der Waals surface area contributed by atoms with Crippen molar-refractivity contribution in [1.82, 2.24) is 0 Å². The van der Waals surface area contributed by atoms with E-state index >= 15 is 0 Å². The van der Waals surface area contributed by atoms with Crippen LogP contribution in [0.1, 0.15) is 23.3 Å². The highest BCUT2D eigenvalue weighted by Gasteiger charge is 2.33. The molecule has 1 aliphatic heterocycles. The van der Waals surface area contributed by atoms with Gasteiger partial charge in [-0.1, -0.05) is 72.8 Å². The lowest BCUT2D eigenvalue weighted by molar-refractivity contribution is -0.156. The topological polar surface area (TPSA) is 66.8 Å². The van der Waals surface area contributed by atoms with Crippen molar-refractivity contribution in [2.45, 2.75) is 17.0 Å². The Morgan fingerprint density at radius 3 is 2.33 bits per heavy atom. The Balaban J connectivity index is 1.53. The Morgan fingerprint density at radius 1 is 0.967 bits per heavy atom. The fourth-order valence-corrected chi connectivity index (χ4v) is 4.64. The number of thioether (sulfide) groups is 1. The number of nitrogens with zero attached hydrogens (tertiary/aromatic N) is 1. The minimum Gasteiger partial charge on any atom is -0.453 e. The van der Waals surface area contributed by atoms with Gasteiger partial charge in [0, 0.05) is 10.6 Å². The van der Waals surface area contributed by atoms with Crippen molar-refractivity contribution in [1.29, 1.82) is 0 Å². The van der Waals surface area contributed by atoms with Gasteiger partial charge in [0.05, 0.1) is 11.7 Å². The molecule has 4 rings (SSSR count). The van der Waals surface area contributed by atoms with Crippen LogP contribution < -0.4 is 4.90 Å². The predicted octanol–water partition coefficient (Wildman–Crippen LogP) is 4.14. The van der Waals surface area contributed by atoms with Crippen LogP contribution in [0.2, 0.25) is 0 Å². The van der Waals surface area contributed by atoms with Crippen LogP contribution in [0.3, 0.4) is 0 Å². The van der Waals surface area contributed by atoms with Crippen molar-refractivity contribution < 1.29 is 19.4 Å². The zero-order valence-electron chi connectivity index (χ0n) is 16.2. The Morgan fingerprint density at radius 2 is 1.60 bits per heavy atom. The first kappa shape index (κ1) is 20.2. The summed E-state index contributed by atoms with van der Waals surface area (Å²) in [6, 6.07) is 25.9. The van der Waals surface area contributed by atoms with Gasteiger partial charge in [-0.2, -0.15) is 0 Å². The lowest BCUT2D eigenvalue weighted by Crippen LogP contribution is -2.41. The molecule has 0 fully saturated rings. The summed E-state index contributed by atoms with van der Waals surface area (Å²) in [7, 11) is 0. The third-order valence-electron chi connectivity index (χ3n) is 4.96. The van der Waals surface area contributed by atoms with E-state index in [2.05, 4.69) is 0 Å². The third kappa shape index (κ3) is 4.25. The maximum Gasteiger partial charge on any atom is 0.340 e. The summed E-state index contributed by atoms with van der Waals surface area (Å²) in [5, 5.41) is 10.2. The molecule has 0 aromatic heterocycles. The molecule has 1 aliphatic rings. The van der Waals surface area contributed by atoms with Crippen molar-refractivity contribution in [2.24, 2.45) is 0 Å². The van der Waals surface area contributed by atoms with Crippen molar-refractivity contribution >= 4 is 29.3 Å². The van der Waals surface area contributed by atoms with E-state index in [4.69, 9.17) is 4.74 Å². The highest BCUT2D eigenvalue weighted by Crippen LogP contribution is 2.43. The lowest BCUT2D eigenvalue weighted by Gasteiger charge is -2.37. The second-order valence-electron chi connectivity index (χ2n) is 6.89. The fraction of sp³-hybridized carbons (Fsp3) is 0.167. The average molecular weight is 420 g/mol. The Labute approximate surface area is 179 Å². The number of fused-ring (bicyclic) bond motifs is 1. The minimum atomic E-state index is -1.42. The van der Waals surface area contributed by atoms with Crippen LogP contribution >= 0.6 is 11.8 Å². The number of aliphatic hydroxyl groups excluding tert-OH is 1. The molecular formula is C24H21NO4S. The number of carbonyl (C=O) groups excluding carboxylic acids is 2. The summed E-state index contributed by atoms with van der Waals surface area (Å²) in [6.45, 7) is -0.439. The summed E-state index contributed by atoms with van der Waals surface area (Å²) >= 11 is 1.70. The normalized spacial score (nSPS) is 16.4. The van der Waals surface area contributed by atoms with Crippen LogP contribution in [0.15, 0.2) is 89.8 Å². The van der Waals surface area contributed by atoms with Gasteiger partial charge < -0.3 is 9.84 Å². The number of para-hydroxylation sites is 1. The summed E-state index contributed by atoms with van der Waals surface area (Å²) in [5.41, 5.74) is 2.24. The van der Waals surface area contributed by atoms with Crippen LogP contribution in [0.5, 0.6) is 0 Å². The van der Waals surface area contributed by atoms with Crippen LogP contribution in [0.25, 0.3) is 0 Å². The van der Waals surface area contributed by atoms with Crippen LogP contribution in [0, 0.1) is 0 Å². The van der Waals surface area contributed by atoms with Gasteiger partial charge in [-0.15, -0.1) is 11.8 Å². The predicted molar refractivity (Wildman–Crippen MR) is 116 cm³/mol. The first-order valence-corrected chi connectivity index (χ1v) is 10.6. The van der Waals surface area contributed by atoms with Crippen molar-refractivity contribution in [3.8, 4) is 0 Å². The molecule has 1 heterocycles. The van der Waals surface area contributed by atoms with Crippen LogP contribution in [-0.2, 0) is 14.3 Å². The molecule has 1 N–H and O–H groups in total. The number of amides is 1. The number of hydrogen-bond acceptors (Lipinski definition) is 5. The molecule has 0 bridgehead atoms. The van der Waals surface area contributed by atoms with Gasteiger partial charge in [0.1, 0.15) is 0 Å². The molecule has 30 heavy (non-hydrogen) atoms. The van der Waals surface area contributed by atoms with Crippen LogP contribution in [0.4, 0.5) is 5.69 Å². The van der Waals surface area contributed by atoms with Gasteiger partial charge in [0.2, 0.25) is 0 Å². The van der Waals surface area contributed by atoms with E-state index in [1.54, 1.807) is 47.0 Å². The van der Waals surface area contributed by atoms with E-state index in [1.807, 2.05) is 54.6 Å². The SMILES string of the molecule is O=C(OCC(=O)N1c2ccccc2SC[C@@H]1c1ccccc1)[C@H](O)c1ccccc1. The summed E-state index contributed by atoms with van der Waals surface area (Å²) in [6.07, 6.45) is -1.42. The maximum absolute atomic E-state index is 13.2. The van der Waals surface area contributed by atoms with E-state index in [-0.39, 0.29) is 11.9 Å². The van der Waals surface area contributed by atoms with E-state index in [9.17, 15) is 14.7 Å². The second kappa shape index (κ2) is 9.15. The number of carbonyl (C=O) groups is 2. The number of aliphatic hydroxyl groups is 1.